The summed E-state index contributed by atoms with van der Waals surface area (Å²) in [4.78, 5) is 13.0. The Bertz CT molecular complexity index is 965. The SMILES string of the molecule is CCOc1ccc(S(=O)(=O)NCCC(=O)NC2CCSc3c(F)cccc32)cc1. The topological polar surface area (TPSA) is 84.5 Å². The molecule has 0 bridgehead atoms. The van der Waals surface area contributed by atoms with Crippen molar-refractivity contribution in [2.75, 3.05) is 18.9 Å². The fourth-order valence-corrected chi connectivity index (χ4v) is 5.24. The molecule has 156 valence electrons. The van der Waals surface area contributed by atoms with Crippen LogP contribution in [0, 0.1) is 5.82 Å². The number of carbonyl (C=O) groups is 1. The summed E-state index contributed by atoms with van der Waals surface area (Å²) in [5.74, 6) is 0.734. The molecule has 1 aliphatic rings. The van der Waals surface area contributed by atoms with Gasteiger partial charge in [-0.3, -0.25) is 4.79 Å². The second-order valence-corrected chi connectivity index (χ2v) is 9.34. The van der Waals surface area contributed by atoms with Crippen molar-refractivity contribution in [1.29, 1.82) is 0 Å². The standard InChI is InChI=1S/C20H23FN2O4S2/c1-2-27-14-6-8-15(9-7-14)29(25,26)22-12-10-19(24)23-18-11-13-28-20-16(18)4-3-5-17(20)21/h3-9,18,22H,2,10-13H2,1H3,(H,23,24). The number of thioether (sulfide) groups is 1. The lowest BCUT2D eigenvalue weighted by atomic mass is 10.0. The number of nitrogens with one attached hydrogen (secondary N) is 2. The number of hydrogen-bond donors (Lipinski definition) is 2. The predicted octanol–water partition coefficient (Wildman–Crippen LogP) is 3.25. The molecule has 0 radical (unpaired) electrons. The van der Waals surface area contributed by atoms with Gasteiger partial charge < -0.3 is 10.1 Å². The van der Waals surface area contributed by atoms with Crippen LogP contribution in [0.3, 0.4) is 0 Å². The molecule has 1 aliphatic heterocycles. The number of hydrogen-bond acceptors (Lipinski definition) is 5. The summed E-state index contributed by atoms with van der Waals surface area (Å²) in [7, 11) is -3.71. The van der Waals surface area contributed by atoms with Crippen molar-refractivity contribution in [3.05, 3.63) is 53.8 Å². The molecule has 0 aromatic heterocycles. The Hall–Kier alpha value is -2.10. The van der Waals surface area contributed by atoms with Gasteiger partial charge in [0.15, 0.2) is 0 Å². The molecule has 0 saturated carbocycles. The van der Waals surface area contributed by atoms with Crippen molar-refractivity contribution in [2.45, 2.75) is 35.6 Å². The van der Waals surface area contributed by atoms with Gasteiger partial charge in [-0.25, -0.2) is 17.5 Å². The zero-order chi connectivity index (χ0) is 20.9. The van der Waals surface area contributed by atoms with Crippen molar-refractivity contribution in [1.82, 2.24) is 10.0 Å². The third kappa shape index (κ3) is 5.49. The molecular formula is C20H23FN2O4S2. The van der Waals surface area contributed by atoms with Crippen LogP contribution in [0.4, 0.5) is 4.39 Å². The van der Waals surface area contributed by atoms with E-state index >= 15 is 0 Å². The lowest BCUT2D eigenvalue weighted by Gasteiger charge is -2.26. The van der Waals surface area contributed by atoms with Gasteiger partial charge in [-0.2, -0.15) is 0 Å². The molecule has 2 aromatic rings. The van der Waals surface area contributed by atoms with Gasteiger partial charge in [0, 0.05) is 23.6 Å². The Morgan fingerprint density at radius 1 is 1.24 bits per heavy atom. The minimum absolute atomic E-state index is 0.00937. The first-order valence-electron chi connectivity index (χ1n) is 9.34. The normalized spacial score (nSPS) is 16.1. The molecule has 1 atom stereocenters. The highest BCUT2D eigenvalue weighted by Gasteiger charge is 2.24. The van der Waals surface area contributed by atoms with Gasteiger partial charge in [-0.15, -0.1) is 11.8 Å². The van der Waals surface area contributed by atoms with Crippen molar-refractivity contribution in [3.63, 3.8) is 0 Å². The van der Waals surface area contributed by atoms with Gasteiger partial charge >= 0.3 is 0 Å². The molecule has 1 heterocycles. The van der Waals surface area contributed by atoms with E-state index in [2.05, 4.69) is 10.0 Å². The lowest BCUT2D eigenvalue weighted by Crippen LogP contribution is -2.34. The third-order valence-electron chi connectivity index (χ3n) is 4.45. The molecule has 6 nitrogen and oxygen atoms in total. The van der Waals surface area contributed by atoms with E-state index in [9.17, 15) is 17.6 Å². The third-order valence-corrected chi connectivity index (χ3v) is 7.09. The van der Waals surface area contributed by atoms with Crippen LogP contribution in [0.5, 0.6) is 5.75 Å². The number of benzene rings is 2. The average Bonchev–Trinajstić information content (AvgIpc) is 2.69. The van der Waals surface area contributed by atoms with E-state index < -0.39 is 10.0 Å². The number of halogens is 1. The molecule has 2 aromatic carbocycles. The first-order chi connectivity index (χ1) is 13.9. The fourth-order valence-electron chi connectivity index (χ4n) is 3.07. The van der Waals surface area contributed by atoms with E-state index in [1.165, 1.54) is 30.0 Å². The Morgan fingerprint density at radius 2 is 2.00 bits per heavy atom. The summed E-state index contributed by atoms with van der Waals surface area (Å²) in [5, 5.41) is 2.88. The van der Waals surface area contributed by atoms with Crippen LogP contribution in [0.1, 0.15) is 31.4 Å². The zero-order valence-corrected chi connectivity index (χ0v) is 17.6. The van der Waals surface area contributed by atoms with Gasteiger partial charge in [0.05, 0.1) is 17.5 Å². The minimum atomic E-state index is -3.71. The number of ether oxygens (including phenoxy) is 1. The van der Waals surface area contributed by atoms with Crippen LogP contribution in [-0.2, 0) is 14.8 Å². The van der Waals surface area contributed by atoms with E-state index in [4.69, 9.17) is 4.74 Å². The molecule has 29 heavy (non-hydrogen) atoms. The maximum Gasteiger partial charge on any atom is 0.240 e. The summed E-state index contributed by atoms with van der Waals surface area (Å²) < 4.78 is 46.3. The van der Waals surface area contributed by atoms with Gasteiger partial charge in [-0.05, 0) is 49.2 Å². The summed E-state index contributed by atoms with van der Waals surface area (Å²) in [6.07, 6.45) is 0.690. The lowest BCUT2D eigenvalue weighted by molar-refractivity contribution is -0.121. The highest BCUT2D eigenvalue weighted by Crippen LogP contribution is 2.37. The Morgan fingerprint density at radius 3 is 2.72 bits per heavy atom. The van der Waals surface area contributed by atoms with Crippen molar-refractivity contribution >= 4 is 27.7 Å². The number of rotatable bonds is 8. The van der Waals surface area contributed by atoms with Gasteiger partial charge in [-0.1, -0.05) is 12.1 Å². The maximum atomic E-state index is 13.9. The second kappa shape index (κ2) is 9.60. The fraction of sp³-hybridized carbons (Fsp3) is 0.350. The first kappa shape index (κ1) is 21.6. The van der Waals surface area contributed by atoms with E-state index in [-0.39, 0.29) is 35.6 Å². The highest BCUT2D eigenvalue weighted by molar-refractivity contribution is 7.99. The summed E-state index contributed by atoms with van der Waals surface area (Å²) in [6.45, 7) is 2.31. The van der Waals surface area contributed by atoms with Crippen molar-refractivity contribution < 1.29 is 22.3 Å². The molecule has 1 amide bonds. The first-order valence-corrected chi connectivity index (χ1v) is 11.8. The Balaban J connectivity index is 1.53. The predicted molar refractivity (Wildman–Crippen MR) is 110 cm³/mol. The Kier molecular flexibility index (Phi) is 7.15. The van der Waals surface area contributed by atoms with Gasteiger partial charge in [0.1, 0.15) is 11.6 Å². The molecule has 3 rings (SSSR count). The molecule has 0 saturated heterocycles. The molecule has 0 aliphatic carbocycles. The quantitative estimate of drug-likeness (QED) is 0.661. The van der Waals surface area contributed by atoms with Gasteiger partial charge in [0.2, 0.25) is 15.9 Å². The molecular weight excluding hydrogens is 415 g/mol. The van der Waals surface area contributed by atoms with Crippen LogP contribution in [-0.4, -0.2) is 33.2 Å². The molecule has 1 unspecified atom stereocenters. The van der Waals surface area contributed by atoms with E-state index in [0.29, 0.717) is 29.4 Å². The van der Waals surface area contributed by atoms with Crippen LogP contribution < -0.4 is 14.8 Å². The summed E-state index contributed by atoms with van der Waals surface area (Å²) >= 11 is 1.44. The van der Waals surface area contributed by atoms with E-state index in [1.807, 2.05) is 13.0 Å². The number of amides is 1. The van der Waals surface area contributed by atoms with Crippen LogP contribution in [0.15, 0.2) is 52.3 Å². The largest absolute Gasteiger partial charge is 0.494 e. The molecule has 0 spiro atoms. The number of fused-ring (bicyclic) bond motifs is 1. The van der Waals surface area contributed by atoms with Gasteiger partial charge in [0.25, 0.3) is 0 Å². The van der Waals surface area contributed by atoms with Crippen LogP contribution >= 0.6 is 11.8 Å². The van der Waals surface area contributed by atoms with Crippen LogP contribution in [0.2, 0.25) is 0 Å². The van der Waals surface area contributed by atoms with E-state index in [1.54, 1.807) is 18.2 Å². The maximum absolute atomic E-state index is 13.9. The second-order valence-electron chi connectivity index (χ2n) is 6.47. The average molecular weight is 439 g/mol. The smallest absolute Gasteiger partial charge is 0.240 e. The summed E-state index contributed by atoms with van der Waals surface area (Å²) in [5.41, 5.74) is 0.768. The highest BCUT2D eigenvalue weighted by atomic mass is 32.2. The zero-order valence-electron chi connectivity index (χ0n) is 16.0. The number of carbonyl (C=O) groups excluding carboxylic acids is 1. The minimum Gasteiger partial charge on any atom is -0.494 e. The molecule has 9 heteroatoms. The number of sulfonamides is 1. The van der Waals surface area contributed by atoms with Crippen LogP contribution in [0.25, 0.3) is 0 Å². The molecule has 2 N–H and O–H groups in total. The van der Waals surface area contributed by atoms with E-state index in [0.717, 1.165) is 5.56 Å². The molecule has 0 fully saturated rings. The monoisotopic (exact) mass is 438 g/mol. The summed E-state index contributed by atoms with van der Waals surface area (Å²) in [6, 6.07) is 10.7. The van der Waals surface area contributed by atoms with Crippen molar-refractivity contribution in [3.8, 4) is 5.75 Å². The Labute approximate surface area is 174 Å². The van der Waals surface area contributed by atoms with Crippen molar-refractivity contribution in [2.24, 2.45) is 0 Å².